The molecule has 0 saturated heterocycles. The summed E-state index contributed by atoms with van der Waals surface area (Å²) >= 11 is 0. The maximum atomic E-state index is 2.49. The number of rotatable bonds is 5. The van der Waals surface area contributed by atoms with Crippen LogP contribution in [0.5, 0.6) is 0 Å². The topological polar surface area (TPSA) is 0 Å². The van der Waals surface area contributed by atoms with Crippen LogP contribution in [-0.4, -0.2) is 16.1 Å². The summed E-state index contributed by atoms with van der Waals surface area (Å²) < 4.78 is 0. The zero-order chi connectivity index (χ0) is 10.7. The van der Waals surface area contributed by atoms with Gasteiger partial charge in [-0.1, -0.05) is 65.1 Å². The molecule has 0 aromatic rings. The second-order valence-electron chi connectivity index (χ2n) is 6.72. The van der Waals surface area contributed by atoms with Gasteiger partial charge in [-0.2, -0.15) is 0 Å². The Hall–Kier alpha value is 0.434. The third-order valence-corrected chi connectivity index (χ3v) is 8.14. The van der Waals surface area contributed by atoms with Crippen molar-refractivity contribution < 1.29 is 0 Å². The van der Waals surface area contributed by atoms with Crippen molar-refractivity contribution in [2.24, 2.45) is 0 Å². The highest BCUT2D eigenvalue weighted by Gasteiger charge is 2.22. The molecule has 0 aliphatic heterocycles. The van der Waals surface area contributed by atoms with Gasteiger partial charge in [-0.05, 0) is 5.54 Å². The minimum atomic E-state index is -0.842. The predicted molar refractivity (Wildman–Crippen MR) is 70.2 cm³/mol. The molecule has 1 atom stereocenters. The van der Waals surface area contributed by atoms with E-state index in [0.29, 0.717) is 0 Å². The smallest absolute Gasteiger partial charge is 0.0471 e. The quantitative estimate of drug-likeness (QED) is 0.577. The third kappa shape index (κ3) is 7.50. The Morgan fingerprint density at radius 1 is 0.923 bits per heavy atom. The van der Waals surface area contributed by atoms with Crippen molar-refractivity contribution in [3.05, 3.63) is 0 Å². The summed E-state index contributed by atoms with van der Waals surface area (Å²) in [6, 6.07) is 1.52. The molecule has 0 radical (unpaired) electrons. The van der Waals surface area contributed by atoms with Crippen molar-refractivity contribution in [1.29, 1.82) is 0 Å². The Bertz CT molecular complexity index is 139. The highest BCUT2D eigenvalue weighted by Crippen LogP contribution is 2.27. The molecule has 0 aliphatic carbocycles. The van der Waals surface area contributed by atoms with Crippen LogP contribution in [0.25, 0.3) is 0 Å². The summed E-state index contributed by atoms with van der Waals surface area (Å²) in [4.78, 5) is 0. The van der Waals surface area contributed by atoms with Crippen molar-refractivity contribution in [1.82, 2.24) is 0 Å². The molecule has 1 unspecified atom stereocenters. The molecule has 0 saturated carbocycles. The Kier molecular flexibility index (Phi) is 4.94. The minimum absolute atomic E-state index is 0.768. The Labute approximate surface area is 87.2 Å². The molecule has 0 spiro atoms. The van der Waals surface area contributed by atoms with Gasteiger partial charge in [0.05, 0.1) is 0 Å². The molecule has 0 aromatic heterocycles. The largest absolute Gasteiger partial charge is 0.0695 e. The Morgan fingerprint density at radius 3 is 1.69 bits per heavy atom. The molecular formula is C11H28Si2. The van der Waals surface area contributed by atoms with Gasteiger partial charge < -0.3 is 0 Å². The second-order valence-corrected chi connectivity index (χ2v) is 18.1. The van der Waals surface area contributed by atoms with Gasteiger partial charge in [-0.15, -0.1) is 0 Å². The van der Waals surface area contributed by atoms with Crippen LogP contribution in [0.1, 0.15) is 19.8 Å². The first-order valence-electron chi connectivity index (χ1n) is 5.63. The Balaban J connectivity index is 3.67. The third-order valence-electron chi connectivity index (χ3n) is 3.04. The van der Waals surface area contributed by atoms with E-state index in [1.165, 1.54) is 18.9 Å². The monoisotopic (exact) mass is 216 g/mol. The molecule has 0 rings (SSSR count). The van der Waals surface area contributed by atoms with E-state index in [1.807, 2.05) is 0 Å². The number of hydrogen-bond donors (Lipinski definition) is 0. The van der Waals surface area contributed by atoms with E-state index < -0.39 is 16.1 Å². The molecule has 0 aromatic carbocycles. The average molecular weight is 217 g/mol. The Morgan fingerprint density at radius 2 is 1.38 bits per heavy atom. The summed E-state index contributed by atoms with van der Waals surface area (Å²) in [5.41, 5.74) is 1.00. The fraction of sp³-hybridized carbons (Fsp3) is 1.00. The predicted octanol–water partition coefficient (Wildman–Crippen LogP) is 4.83. The van der Waals surface area contributed by atoms with Gasteiger partial charge in [0.25, 0.3) is 0 Å². The lowest BCUT2D eigenvalue weighted by atomic mass is 10.3. The fourth-order valence-electron chi connectivity index (χ4n) is 1.37. The van der Waals surface area contributed by atoms with E-state index in [4.69, 9.17) is 0 Å². The normalized spacial score (nSPS) is 15.9. The molecule has 0 fully saturated rings. The first-order valence-corrected chi connectivity index (χ1v) is 12.9. The van der Waals surface area contributed by atoms with Crippen LogP contribution in [0.15, 0.2) is 0 Å². The van der Waals surface area contributed by atoms with Gasteiger partial charge in [0.1, 0.15) is 0 Å². The highest BCUT2D eigenvalue weighted by molar-refractivity contribution is 6.77. The van der Waals surface area contributed by atoms with E-state index in [0.717, 1.165) is 5.54 Å². The SMILES string of the molecule is CC(CCC[Si](C)(C)C)[Si](C)(C)C. The summed E-state index contributed by atoms with van der Waals surface area (Å²) in [5.74, 6) is 0. The van der Waals surface area contributed by atoms with Crippen LogP contribution in [0, 0.1) is 0 Å². The molecule has 80 valence electrons. The maximum absolute atomic E-state index is 2.49. The van der Waals surface area contributed by atoms with E-state index >= 15 is 0 Å². The van der Waals surface area contributed by atoms with Gasteiger partial charge in [-0.25, -0.2) is 0 Å². The lowest BCUT2D eigenvalue weighted by Crippen LogP contribution is -2.27. The molecule has 0 amide bonds. The lowest BCUT2D eigenvalue weighted by molar-refractivity contribution is 0.739. The van der Waals surface area contributed by atoms with Crippen LogP contribution >= 0.6 is 0 Å². The molecule has 2 heteroatoms. The maximum Gasteiger partial charge on any atom is 0.0471 e. The zero-order valence-electron chi connectivity index (χ0n) is 10.7. The first kappa shape index (κ1) is 13.4. The first-order chi connectivity index (χ1) is 5.63. The molecular weight excluding hydrogens is 188 g/mol. The minimum Gasteiger partial charge on any atom is -0.0695 e. The van der Waals surface area contributed by atoms with Crippen molar-refractivity contribution in [3.63, 3.8) is 0 Å². The van der Waals surface area contributed by atoms with Gasteiger partial charge >= 0.3 is 0 Å². The zero-order valence-corrected chi connectivity index (χ0v) is 12.7. The fourth-order valence-corrected chi connectivity index (χ4v) is 3.71. The van der Waals surface area contributed by atoms with Gasteiger partial charge in [0, 0.05) is 16.1 Å². The van der Waals surface area contributed by atoms with Gasteiger partial charge in [0.15, 0.2) is 0 Å². The van der Waals surface area contributed by atoms with Crippen LogP contribution < -0.4 is 0 Å². The summed E-state index contributed by atoms with van der Waals surface area (Å²) in [6.07, 6.45) is 2.95. The summed E-state index contributed by atoms with van der Waals surface area (Å²) in [6.45, 7) is 17.4. The van der Waals surface area contributed by atoms with Crippen molar-refractivity contribution in [3.8, 4) is 0 Å². The van der Waals surface area contributed by atoms with Crippen LogP contribution in [0.3, 0.4) is 0 Å². The number of hydrogen-bond acceptors (Lipinski definition) is 0. The standard InChI is InChI=1S/C11H28Si2/c1-11(13(5,6)7)9-8-10-12(2,3)4/h11H,8-10H2,1-7H3. The molecule has 0 N–H and O–H groups in total. The van der Waals surface area contributed by atoms with E-state index in [2.05, 4.69) is 46.2 Å². The molecule has 13 heavy (non-hydrogen) atoms. The van der Waals surface area contributed by atoms with Crippen LogP contribution in [0.2, 0.25) is 50.9 Å². The molecule has 0 bridgehead atoms. The van der Waals surface area contributed by atoms with E-state index in [9.17, 15) is 0 Å². The van der Waals surface area contributed by atoms with Gasteiger partial charge in [-0.3, -0.25) is 0 Å². The van der Waals surface area contributed by atoms with E-state index in [1.54, 1.807) is 0 Å². The summed E-state index contributed by atoms with van der Waals surface area (Å²) in [7, 11) is -1.61. The second kappa shape index (κ2) is 4.78. The average Bonchev–Trinajstić information content (AvgIpc) is 1.82. The molecule has 0 nitrogen and oxygen atoms in total. The lowest BCUT2D eigenvalue weighted by Gasteiger charge is -2.26. The van der Waals surface area contributed by atoms with Crippen molar-refractivity contribution in [2.75, 3.05) is 0 Å². The van der Waals surface area contributed by atoms with Gasteiger partial charge in [0.2, 0.25) is 0 Å². The molecule has 0 aliphatic rings. The van der Waals surface area contributed by atoms with E-state index in [-0.39, 0.29) is 0 Å². The molecule has 0 heterocycles. The van der Waals surface area contributed by atoms with Crippen molar-refractivity contribution in [2.45, 2.75) is 70.6 Å². The van der Waals surface area contributed by atoms with Crippen molar-refractivity contribution >= 4 is 16.1 Å². The van der Waals surface area contributed by atoms with Crippen LogP contribution in [-0.2, 0) is 0 Å². The van der Waals surface area contributed by atoms with Crippen LogP contribution in [0.4, 0.5) is 0 Å². The highest BCUT2D eigenvalue weighted by atomic mass is 28.3. The summed E-state index contributed by atoms with van der Waals surface area (Å²) in [5, 5.41) is 0.